The van der Waals surface area contributed by atoms with Crippen LogP contribution in [-0.4, -0.2) is 14.2 Å². The van der Waals surface area contributed by atoms with E-state index < -0.39 is 11.0 Å². The normalized spacial score (nSPS) is 15.9. The van der Waals surface area contributed by atoms with Crippen molar-refractivity contribution in [1.29, 1.82) is 0 Å². The zero-order chi connectivity index (χ0) is 17.4. The molecule has 2 aromatic carbocycles. The summed E-state index contributed by atoms with van der Waals surface area (Å²) >= 11 is 0. The quantitative estimate of drug-likeness (QED) is 0.718. The maximum absolute atomic E-state index is 13.0. The number of rotatable bonds is 3. The van der Waals surface area contributed by atoms with E-state index in [9.17, 15) is 8.60 Å². The third-order valence-electron chi connectivity index (χ3n) is 3.77. The van der Waals surface area contributed by atoms with Gasteiger partial charge in [-0.25, -0.2) is 13.6 Å². The molecule has 0 saturated carbocycles. The van der Waals surface area contributed by atoms with Crippen LogP contribution in [0.25, 0.3) is 0 Å². The Morgan fingerprint density at radius 2 is 1.88 bits per heavy atom. The van der Waals surface area contributed by atoms with Gasteiger partial charge >= 0.3 is 6.01 Å². The lowest BCUT2D eigenvalue weighted by Gasteiger charge is -2.16. The van der Waals surface area contributed by atoms with Crippen LogP contribution in [0, 0.1) is 12.7 Å². The number of aryl methyl sites for hydroxylation is 1. The molecule has 0 spiro atoms. The van der Waals surface area contributed by atoms with Crippen molar-refractivity contribution in [2.24, 2.45) is 0 Å². The highest BCUT2D eigenvalue weighted by atomic mass is 32.2. The van der Waals surface area contributed by atoms with Gasteiger partial charge in [0, 0.05) is 11.8 Å². The molecule has 7 heteroatoms. The van der Waals surface area contributed by atoms with Gasteiger partial charge in [-0.3, -0.25) is 4.31 Å². The highest BCUT2D eigenvalue weighted by Gasteiger charge is 2.28. The van der Waals surface area contributed by atoms with Crippen LogP contribution in [-0.2, 0) is 17.5 Å². The Balaban J connectivity index is 1.64. The zero-order valence-electron chi connectivity index (χ0n) is 13.3. The predicted octanol–water partition coefficient (Wildman–Crippen LogP) is 3.76. The Bertz CT molecular complexity index is 963. The molecule has 0 bridgehead atoms. The first-order chi connectivity index (χ1) is 12.1. The zero-order valence-corrected chi connectivity index (χ0v) is 14.2. The van der Waals surface area contributed by atoms with E-state index in [0.717, 1.165) is 10.5 Å². The number of hydrogen-bond acceptors (Lipinski definition) is 4. The van der Waals surface area contributed by atoms with Crippen LogP contribution in [0.15, 0.2) is 59.5 Å². The van der Waals surface area contributed by atoms with E-state index in [-0.39, 0.29) is 11.8 Å². The molecule has 0 amide bonds. The lowest BCUT2D eigenvalue weighted by Crippen LogP contribution is -2.20. The Hall–Kier alpha value is -2.80. The molecule has 126 valence electrons. The maximum Gasteiger partial charge on any atom is 0.324 e. The van der Waals surface area contributed by atoms with Gasteiger partial charge in [0.05, 0.1) is 11.4 Å². The first kappa shape index (κ1) is 15.7. The molecule has 25 heavy (non-hydrogen) atoms. The number of anilines is 1. The molecule has 1 aliphatic heterocycles. The van der Waals surface area contributed by atoms with Crippen molar-refractivity contribution < 1.29 is 13.3 Å². The molecule has 1 aliphatic rings. The molecule has 1 atom stereocenters. The predicted molar refractivity (Wildman–Crippen MR) is 92.3 cm³/mol. The first-order valence-corrected chi connectivity index (χ1v) is 8.77. The van der Waals surface area contributed by atoms with Crippen LogP contribution in [0.1, 0.15) is 11.3 Å². The molecule has 3 aromatic rings. The summed E-state index contributed by atoms with van der Waals surface area (Å²) in [6.07, 6.45) is 0. The lowest BCUT2D eigenvalue weighted by atomic mass is 10.2. The molecule has 0 saturated heterocycles. The van der Waals surface area contributed by atoms with Gasteiger partial charge < -0.3 is 4.74 Å². The standard InChI is InChI=1S/C18H14FN3O2S/c1-12-10-17(22-11-13-4-2-3-5-16(13)25(22)23)21-18(20-12)24-15-8-6-14(19)7-9-15/h2-10H,11H2,1H3. The molecule has 5 nitrogen and oxygen atoms in total. The van der Waals surface area contributed by atoms with Gasteiger partial charge in [-0.15, -0.1) is 0 Å². The minimum atomic E-state index is -1.31. The van der Waals surface area contributed by atoms with Crippen molar-refractivity contribution in [3.63, 3.8) is 0 Å². The van der Waals surface area contributed by atoms with E-state index in [1.165, 1.54) is 24.3 Å². The van der Waals surface area contributed by atoms with Crippen LogP contribution in [0.4, 0.5) is 10.2 Å². The van der Waals surface area contributed by atoms with E-state index in [1.54, 1.807) is 10.4 Å². The fourth-order valence-corrected chi connectivity index (χ4v) is 3.92. The summed E-state index contributed by atoms with van der Waals surface area (Å²) in [5.41, 5.74) is 1.70. The van der Waals surface area contributed by atoms with Gasteiger partial charge in [0.1, 0.15) is 17.4 Å². The monoisotopic (exact) mass is 355 g/mol. The van der Waals surface area contributed by atoms with Crippen LogP contribution < -0.4 is 9.04 Å². The average molecular weight is 355 g/mol. The second-order valence-corrected chi connectivity index (χ2v) is 6.98. The highest BCUT2D eigenvalue weighted by molar-refractivity contribution is 7.86. The molecular formula is C18H14FN3O2S. The third kappa shape index (κ3) is 3.10. The molecule has 1 aromatic heterocycles. The van der Waals surface area contributed by atoms with Gasteiger partial charge in [-0.1, -0.05) is 18.2 Å². The lowest BCUT2D eigenvalue weighted by molar-refractivity contribution is 0.439. The minimum Gasteiger partial charge on any atom is -0.424 e. The van der Waals surface area contributed by atoms with Gasteiger partial charge in [0.2, 0.25) is 0 Å². The second-order valence-electron chi connectivity index (χ2n) is 5.60. The molecule has 4 rings (SSSR count). The number of fused-ring (bicyclic) bond motifs is 1. The largest absolute Gasteiger partial charge is 0.424 e. The van der Waals surface area contributed by atoms with E-state index in [4.69, 9.17) is 4.74 Å². The molecule has 0 radical (unpaired) electrons. The van der Waals surface area contributed by atoms with Crippen molar-refractivity contribution in [3.8, 4) is 11.8 Å². The van der Waals surface area contributed by atoms with Crippen molar-refractivity contribution in [1.82, 2.24) is 9.97 Å². The van der Waals surface area contributed by atoms with Crippen LogP contribution >= 0.6 is 0 Å². The summed E-state index contributed by atoms with van der Waals surface area (Å²) in [7, 11) is -1.31. The second kappa shape index (κ2) is 6.25. The van der Waals surface area contributed by atoms with Gasteiger partial charge in [0.15, 0.2) is 11.0 Å². The molecule has 0 fully saturated rings. The Kier molecular flexibility index (Phi) is 3.93. The SMILES string of the molecule is Cc1cc(N2Cc3ccccc3S2=O)nc(Oc2ccc(F)cc2)n1. The number of aromatic nitrogens is 2. The Labute approximate surface area is 146 Å². The molecule has 0 N–H and O–H groups in total. The van der Waals surface area contributed by atoms with Crippen LogP contribution in [0.2, 0.25) is 0 Å². The Morgan fingerprint density at radius 3 is 2.64 bits per heavy atom. The van der Waals surface area contributed by atoms with Crippen molar-refractivity contribution >= 4 is 16.8 Å². The summed E-state index contributed by atoms with van der Waals surface area (Å²) in [6, 6.07) is 15.1. The van der Waals surface area contributed by atoms with E-state index >= 15 is 0 Å². The summed E-state index contributed by atoms with van der Waals surface area (Å²) in [5, 5.41) is 0. The summed E-state index contributed by atoms with van der Waals surface area (Å²) in [4.78, 5) is 9.41. The van der Waals surface area contributed by atoms with Gasteiger partial charge in [-0.05, 0) is 42.8 Å². The third-order valence-corrected chi connectivity index (χ3v) is 5.26. The van der Waals surface area contributed by atoms with Crippen LogP contribution in [0.3, 0.4) is 0 Å². The summed E-state index contributed by atoms with van der Waals surface area (Å²) in [5.74, 6) is 0.617. The van der Waals surface area contributed by atoms with Crippen molar-refractivity contribution in [3.05, 3.63) is 71.7 Å². The smallest absolute Gasteiger partial charge is 0.324 e. The van der Waals surface area contributed by atoms with E-state index in [1.807, 2.05) is 31.2 Å². The Morgan fingerprint density at radius 1 is 1.12 bits per heavy atom. The number of ether oxygens (including phenoxy) is 1. The fraction of sp³-hybridized carbons (Fsp3) is 0.111. The molecule has 1 unspecified atom stereocenters. The first-order valence-electron chi connectivity index (χ1n) is 7.66. The fourth-order valence-electron chi connectivity index (χ4n) is 2.61. The number of benzene rings is 2. The topological polar surface area (TPSA) is 55.3 Å². The summed E-state index contributed by atoms with van der Waals surface area (Å²) in [6.45, 7) is 2.32. The number of halogens is 1. The minimum absolute atomic E-state index is 0.134. The molecular weight excluding hydrogens is 341 g/mol. The van der Waals surface area contributed by atoms with Gasteiger partial charge in [0.25, 0.3) is 0 Å². The molecule has 2 heterocycles. The average Bonchev–Trinajstić information content (AvgIpc) is 2.94. The molecule has 0 aliphatic carbocycles. The van der Waals surface area contributed by atoms with Gasteiger partial charge in [-0.2, -0.15) is 4.98 Å². The van der Waals surface area contributed by atoms with Crippen molar-refractivity contribution in [2.45, 2.75) is 18.4 Å². The van der Waals surface area contributed by atoms with E-state index in [0.29, 0.717) is 23.8 Å². The highest BCUT2D eigenvalue weighted by Crippen LogP contribution is 2.32. The summed E-state index contributed by atoms with van der Waals surface area (Å²) < 4.78 is 33.0. The van der Waals surface area contributed by atoms with Crippen LogP contribution in [0.5, 0.6) is 11.8 Å². The number of nitrogens with zero attached hydrogens (tertiary/aromatic N) is 3. The van der Waals surface area contributed by atoms with Crippen molar-refractivity contribution in [2.75, 3.05) is 4.31 Å². The number of hydrogen-bond donors (Lipinski definition) is 0. The maximum atomic E-state index is 13.0. The van der Waals surface area contributed by atoms with E-state index in [2.05, 4.69) is 9.97 Å².